The molecule has 0 aliphatic carbocycles. The molecule has 1 aromatic rings. The van der Waals surface area contributed by atoms with Crippen molar-refractivity contribution in [3.8, 4) is 6.01 Å². The first kappa shape index (κ1) is 14.8. The van der Waals surface area contributed by atoms with E-state index in [0.29, 0.717) is 23.2 Å². The van der Waals surface area contributed by atoms with Crippen molar-refractivity contribution in [2.75, 3.05) is 30.5 Å². The van der Waals surface area contributed by atoms with Crippen LogP contribution in [0, 0.1) is 0 Å². The van der Waals surface area contributed by atoms with Crippen LogP contribution < -0.4 is 15.4 Å². The highest BCUT2D eigenvalue weighted by atomic mass is 32.2. The molecule has 0 amide bonds. The average molecular weight is 271 g/mol. The van der Waals surface area contributed by atoms with Crippen molar-refractivity contribution < 1.29 is 4.74 Å². The van der Waals surface area contributed by atoms with Crippen LogP contribution in [0.2, 0.25) is 0 Å². The van der Waals surface area contributed by atoms with Gasteiger partial charge in [0, 0.05) is 18.8 Å². The molecule has 102 valence electrons. The van der Waals surface area contributed by atoms with Crippen LogP contribution in [-0.2, 0) is 0 Å². The number of ether oxygens (including phenoxy) is 1. The van der Waals surface area contributed by atoms with Crippen molar-refractivity contribution in [2.24, 2.45) is 0 Å². The lowest BCUT2D eigenvalue weighted by atomic mass is 10.5. The maximum atomic E-state index is 5.48. The summed E-state index contributed by atoms with van der Waals surface area (Å²) < 4.78 is 5.48. The van der Waals surface area contributed by atoms with Gasteiger partial charge in [0.2, 0.25) is 11.9 Å². The van der Waals surface area contributed by atoms with Crippen LogP contribution in [0.15, 0.2) is 0 Å². The molecule has 0 radical (unpaired) electrons. The Hall–Kier alpha value is -1.24. The number of hydrogen-bond acceptors (Lipinski definition) is 7. The van der Waals surface area contributed by atoms with Crippen LogP contribution in [0.1, 0.15) is 20.8 Å². The number of thioether (sulfide) groups is 1. The van der Waals surface area contributed by atoms with Gasteiger partial charge in [0.05, 0.1) is 6.10 Å². The Balaban J connectivity index is 2.76. The van der Waals surface area contributed by atoms with Crippen molar-refractivity contribution in [1.29, 1.82) is 0 Å². The molecule has 1 atom stereocenters. The third-order valence-electron chi connectivity index (χ3n) is 2.13. The zero-order valence-electron chi connectivity index (χ0n) is 11.5. The molecule has 1 unspecified atom stereocenters. The van der Waals surface area contributed by atoms with Crippen LogP contribution in [0.25, 0.3) is 0 Å². The van der Waals surface area contributed by atoms with Gasteiger partial charge in [0.15, 0.2) is 0 Å². The molecule has 1 rings (SSSR count). The fraction of sp³-hybridized carbons (Fsp3) is 0.727. The van der Waals surface area contributed by atoms with Gasteiger partial charge in [0.25, 0.3) is 0 Å². The van der Waals surface area contributed by atoms with Crippen molar-refractivity contribution in [2.45, 2.75) is 32.1 Å². The summed E-state index contributed by atoms with van der Waals surface area (Å²) in [5.74, 6) is 1.03. The summed E-state index contributed by atoms with van der Waals surface area (Å²) in [6, 6.07) is 0.337. The molecule has 7 heteroatoms. The summed E-state index contributed by atoms with van der Waals surface area (Å²) in [6.45, 7) is 6.82. The Labute approximate surface area is 112 Å². The molecule has 0 saturated heterocycles. The van der Waals surface area contributed by atoms with E-state index in [1.807, 2.05) is 13.8 Å². The molecule has 0 aliphatic heterocycles. The number of aromatic nitrogens is 3. The second kappa shape index (κ2) is 7.25. The van der Waals surface area contributed by atoms with E-state index < -0.39 is 0 Å². The Morgan fingerprint density at radius 2 is 1.83 bits per heavy atom. The van der Waals surface area contributed by atoms with E-state index in [2.05, 4.69) is 38.8 Å². The van der Waals surface area contributed by atoms with Gasteiger partial charge in [-0.05, 0) is 20.1 Å². The molecule has 0 spiro atoms. The van der Waals surface area contributed by atoms with E-state index in [-0.39, 0.29) is 6.10 Å². The maximum Gasteiger partial charge on any atom is 0.323 e. The third-order valence-corrected chi connectivity index (χ3v) is 3.10. The van der Waals surface area contributed by atoms with Gasteiger partial charge in [-0.15, -0.1) is 0 Å². The van der Waals surface area contributed by atoms with Crippen LogP contribution in [0.3, 0.4) is 0 Å². The molecule has 0 fully saturated rings. The van der Waals surface area contributed by atoms with E-state index in [9.17, 15) is 0 Å². The van der Waals surface area contributed by atoms with Gasteiger partial charge in [-0.25, -0.2) is 0 Å². The molecule has 0 aromatic carbocycles. The summed E-state index contributed by atoms with van der Waals surface area (Å²) in [4.78, 5) is 12.6. The molecule has 0 aliphatic rings. The summed E-state index contributed by atoms with van der Waals surface area (Å²) in [5, 5.41) is 6.57. The first-order valence-electron chi connectivity index (χ1n) is 5.92. The number of anilines is 2. The average Bonchev–Trinajstić information content (AvgIpc) is 2.34. The summed E-state index contributed by atoms with van der Waals surface area (Å²) in [6.07, 6.45) is 2.11. The molecule has 1 aromatic heterocycles. The topological polar surface area (TPSA) is 72.0 Å². The van der Waals surface area contributed by atoms with Crippen molar-refractivity contribution in [3.05, 3.63) is 0 Å². The smallest absolute Gasteiger partial charge is 0.323 e. The van der Waals surface area contributed by atoms with E-state index in [0.717, 1.165) is 6.54 Å². The fourth-order valence-corrected chi connectivity index (χ4v) is 1.38. The summed E-state index contributed by atoms with van der Waals surface area (Å²) in [5.41, 5.74) is 0. The Morgan fingerprint density at radius 1 is 1.17 bits per heavy atom. The van der Waals surface area contributed by atoms with E-state index in [1.54, 1.807) is 18.8 Å². The molecule has 1 heterocycles. The maximum absolute atomic E-state index is 5.48. The normalized spacial score (nSPS) is 12.3. The lowest BCUT2D eigenvalue weighted by Gasteiger charge is -2.12. The molecule has 18 heavy (non-hydrogen) atoms. The largest absolute Gasteiger partial charge is 0.461 e. The third kappa shape index (κ3) is 4.95. The number of rotatable bonds is 7. The van der Waals surface area contributed by atoms with Crippen molar-refractivity contribution in [3.63, 3.8) is 0 Å². The van der Waals surface area contributed by atoms with Gasteiger partial charge in [-0.1, -0.05) is 6.92 Å². The predicted octanol–water partition coefficient (Wildman–Crippen LogP) is 1.86. The molecule has 6 nitrogen and oxygen atoms in total. The molecular formula is C11H21N5OS. The van der Waals surface area contributed by atoms with Crippen molar-refractivity contribution in [1.82, 2.24) is 15.0 Å². The Kier molecular flexibility index (Phi) is 5.97. The van der Waals surface area contributed by atoms with E-state index in [1.165, 1.54) is 0 Å². The minimum absolute atomic E-state index is 0.0371. The van der Waals surface area contributed by atoms with Gasteiger partial charge < -0.3 is 15.4 Å². The highest BCUT2D eigenvalue weighted by Crippen LogP contribution is 2.13. The Bertz CT molecular complexity index is 374. The van der Waals surface area contributed by atoms with Crippen LogP contribution in [0.4, 0.5) is 11.9 Å². The quantitative estimate of drug-likeness (QED) is 0.784. The van der Waals surface area contributed by atoms with E-state index in [4.69, 9.17) is 4.74 Å². The summed E-state index contributed by atoms with van der Waals surface area (Å²) in [7, 11) is 1.77. The zero-order valence-corrected chi connectivity index (χ0v) is 12.3. The monoisotopic (exact) mass is 271 g/mol. The van der Waals surface area contributed by atoms with Crippen LogP contribution >= 0.6 is 11.8 Å². The first-order chi connectivity index (χ1) is 8.55. The van der Waals surface area contributed by atoms with Gasteiger partial charge in [-0.3, -0.25) is 0 Å². The minimum atomic E-state index is 0.0371. The molecule has 0 saturated carbocycles. The predicted molar refractivity (Wildman–Crippen MR) is 76.6 cm³/mol. The number of nitrogens with zero attached hydrogens (tertiary/aromatic N) is 3. The van der Waals surface area contributed by atoms with Crippen molar-refractivity contribution >= 4 is 23.7 Å². The fourth-order valence-electron chi connectivity index (χ4n) is 1.13. The van der Waals surface area contributed by atoms with Crippen LogP contribution in [0.5, 0.6) is 6.01 Å². The zero-order chi connectivity index (χ0) is 13.5. The number of hydrogen-bond donors (Lipinski definition) is 2. The number of nitrogens with one attached hydrogen (secondary N) is 2. The molecule has 0 bridgehead atoms. The standard InChI is InChI=1S/C11H21N5OS/c1-7(2)17-11-15-9(12-4)14-10(16-11)13-6-8(3)18-5/h7-8H,6H2,1-5H3,(H2,12,13,14,15,16). The van der Waals surface area contributed by atoms with Crippen LogP contribution in [-0.4, -0.2) is 46.2 Å². The van der Waals surface area contributed by atoms with Gasteiger partial charge >= 0.3 is 6.01 Å². The second-order valence-electron chi connectivity index (χ2n) is 4.11. The molecular weight excluding hydrogens is 250 g/mol. The van der Waals surface area contributed by atoms with Gasteiger partial charge in [0.1, 0.15) is 0 Å². The minimum Gasteiger partial charge on any atom is -0.461 e. The molecule has 2 N–H and O–H groups in total. The highest BCUT2D eigenvalue weighted by molar-refractivity contribution is 7.99. The highest BCUT2D eigenvalue weighted by Gasteiger charge is 2.08. The first-order valence-corrected chi connectivity index (χ1v) is 7.21. The lowest BCUT2D eigenvalue weighted by Crippen LogP contribution is -2.17. The lowest BCUT2D eigenvalue weighted by molar-refractivity contribution is 0.222. The Morgan fingerprint density at radius 3 is 2.39 bits per heavy atom. The second-order valence-corrected chi connectivity index (χ2v) is 5.39. The van der Waals surface area contributed by atoms with E-state index >= 15 is 0 Å². The SMILES string of the molecule is CNc1nc(NCC(C)SC)nc(OC(C)C)n1. The van der Waals surface area contributed by atoms with Gasteiger partial charge in [-0.2, -0.15) is 26.7 Å². The summed E-state index contributed by atoms with van der Waals surface area (Å²) >= 11 is 1.79.